The summed E-state index contributed by atoms with van der Waals surface area (Å²) in [6.07, 6.45) is 0. The van der Waals surface area contributed by atoms with Gasteiger partial charge in [-0.25, -0.2) is 0 Å². The van der Waals surface area contributed by atoms with Crippen molar-refractivity contribution in [2.45, 2.75) is 6.92 Å². The van der Waals surface area contributed by atoms with E-state index in [-0.39, 0.29) is 0 Å². The smallest absolute Gasteiger partial charge is 0.120 e. The van der Waals surface area contributed by atoms with Crippen LogP contribution in [0.5, 0.6) is 5.75 Å². The van der Waals surface area contributed by atoms with Crippen LogP contribution in [0.15, 0.2) is 28.7 Å². The minimum Gasteiger partial charge on any atom is -0.492 e. The summed E-state index contributed by atoms with van der Waals surface area (Å²) in [5, 5.41) is 8.58. The number of likely N-dealkylation sites (N-methyl/N-ethyl adjacent to an activating group) is 1. The van der Waals surface area contributed by atoms with Gasteiger partial charge >= 0.3 is 0 Å². The molecular formula is C12H15BrN2O. The van der Waals surface area contributed by atoms with Gasteiger partial charge < -0.3 is 4.74 Å². The van der Waals surface area contributed by atoms with Crippen LogP contribution in [0, 0.1) is 11.3 Å². The summed E-state index contributed by atoms with van der Waals surface area (Å²) >= 11 is 3.39. The maximum atomic E-state index is 8.58. The molecule has 1 aromatic carbocycles. The molecule has 16 heavy (non-hydrogen) atoms. The van der Waals surface area contributed by atoms with Gasteiger partial charge in [-0.1, -0.05) is 28.9 Å². The second-order valence-corrected chi connectivity index (χ2v) is 4.25. The molecule has 0 fully saturated rings. The molecule has 4 heteroatoms. The molecule has 0 aliphatic carbocycles. The summed E-state index contributed by atoms with van der Waals surface area (Å²) in [5.41, 5.74) is 0. The fraction of sp³-hybridized carbons (Fsp3) is 0.417. The van der Waals surface area contributed by atoms with Gasteiger partial charge in [0.15, 0.2) is 0 Å². The van der Waals surface area contributed by atoms with Crippen molar-refractivity contribution in [3.8, 4) is 11.8 Å². The Morgan fingerprint density at radius 1 is 1.50 bits per heavy atom. The summed E-state index contributed by atoms with van der Waals surface area (Å²) in [4.78, 5) is 2.04. The van der Waals surface area contributed by atoms with Crippen LogP contribution in [-0.4, -0.2) is 31.1 Å². The monoisotopic (exact) mass is 282 g/mol. The topological polar surface area (TPSA) is 36.3 Å². The van der Waals surface area contributed by atoms with E-state index in [4.69, 9.17) is 10.00 Å². The predicted molar refractivity (Wildman–Crippen MR) is 67.4 cm³/mol. The molecule has 0 heterocycles. The first kappa shape index (κ1) is 13.0. The van der Waals surface area contributed by atoms with Gasteiger partial charge in [-0.05, 0) is 24.7 Å². The fourth-order valence-corrected chi connectivity index (χ4v) is 1.68. The Labute approximate surface area is 105 Å². The Balaban J connectivity index is 2.32. The van der Waals surface area contributed by atoms with Gasteiger partial charge in [0.2, 0.25) is 0 Å². The molecule has 3 nitrogen and oxygen atoms in total. The van der Waals surface area contributed by atoms with Crippen molar-refractivity contribution in [1.29, 1.82) is 5.26 Å². The molecule has 0 aliphatic rings. The summed E-state index contributed by atoms with van der Waals surface area (Å²) in [6, 6.07) is 9.89. The molecule has 86 valence electrons. The lowest BCUT2D eigenvalue weighted by molar-refractivity contribution is 0.231. The molecule has 1 aromatic rings. The third kappa shape index (κ3) is 4.65. The SMILES string of the molecule is CCN(CC#N)CCOc1cccc(Br)c1. The Morgan fingerprint density at radius 2 is 2.31 bits per heavy atom. The van der Waals surface area contributed by atoms with E-state index < -0.39 is 0 Å². The average Bonchev–Trinajstić information content (AvgIpc) is 2.28. The molecule has 0 aliphatic heterocycles. The Morgan fingerprint density at radius 3 is 2.94 bits per heavy atom. The van der Waals surface area contributed by atoms with Crippen molar-refractivity contribution < 1.29 is 4.74 Å². The second kappa shape index (κ2) is 7.26. The fourth-order valence-electron chi connectivity index (χ4n) is 1.30. The molecule has 0 atom stereocenters. The molecule has 0 radical (unpaired) electrons. The lowest BCUT2D eigenvalue weighted by Crippen LogP contribution is -2.28. The number of nitrogens with zero attached hydrogens (tertiary/aromatic N) is 2. The van der Waals surface area contributed by atoms with Crippen molar-refractivity contribution in [2.75, 3.05) is 26.2 Å². The van der Waals surface area contributed by atoms with E-state index in [2.05, 4.69) is 22.0 Å². The van der Waals surface area contributed by atoms with Gasteiger partial charge in [-0.15, -0.1) is 0 Å². The standard InChI is InChI=1S/C12H15BrN2O/c1-2-15(7-6-14)8-9-16-12-5-3-4-11(13)10-12/h3-5,10H,2,7-9H2,1H3. The van der Waals surface area contributed by atoms with Crippen LogP contribution < -0.4 is 4.74 Å². The molecular weight excluding hydrogens is 268 g/mol. The number of halogens is 1. The van der Waals surface area contributed by atoms with Gasteiger partial charge in [0.05, 0.1) is 12.6 Å². The van der Waals surface area contributed by atoms with Crippen LogP contribution in [0.4, 0.5) is 0 Å². The Bertz CT molecular complexity index is 362. The normalized spacial score (nSPS) is 10.1. The van der Waals surface area contributed by atoms with Crippen LogP contribution in [0.25, 0.3) is 0 Å². The molecule has 0 unspecified atom stereocenters. The predicted octanol–water partition coefficient (Wildman–Crippen LogP) is 2.67. The lowest BCUT2D eigenvalue weighted by Gasteiger charge is -2.16. The molecule has 0 amide bonds. The summed E-state index contributed by atoms with van der Waals surface area (Å²) < 4.78 is 6.59. The first-order valence-corrected chi connectivity index (χ1v) is 6.03. The first-order valence-electron chi connectivity index (χ1n) is 5.24. The highest BCUT2D eigenvalue weighted by Crippen LogP contribution is 2.17. The van der Waals surface area contributed by atoms with Crippen LogP contribution in [-0.2, 0) is 0 Å². The Hall–Kier alpha value is -1.05. The number of nitriles is 1. The third-order valence-electron chi connectivity index (χ3n) is 2.21. The highest BCUT2D eigenvalue weighted by atomic mass is 79.9. The van der Waals surface area contributed by atoms with Gasteiger partial charge in [0.1, 0.15) is 12.4 Å². The van der Waals surface area contributed by atoms with E-state index in [0.717, 1.165) is 23.3 Å². The van der Waals surface area contributed by atoms with E-state index in [0.29, 0.717) is 13.2 Å². The number of ether oxygens (including phenoxy) is 1. The maximum absolute atomic E-state index is 8.58. The Kier molecular flexibility index (Phi) is 5.91. The van der Waals surface area contributed by atoms with Gasteiger partial charge in [-0.3, -0.25) is 4.90 Å². The van der Waals surface area contributed by atoms with Crippen molar-refractivity contribution in [3.63, 3.8) is 0 Å². The van der Waals surface area contributed by atoms with E-state index in [9.17, 15) is 0 Å². The lowest BCUT2D eigenvalue weighted by atomic mass is 10.3. The van der Waals surface area contributed by atoms with Crippen molar-refractivity contribution in [2.24, 2.45) is 0 Å². The number of hydrogen-bond donors (Lipinski definition) is 0. The zero-order valence-electron chi connectivity index (χ0n) is 9.32. The minimum absolute atomic E-state index is 0.457. The quantitative estimate of drug-likeness (QED) is 0.753. The summed E-state index contributed by atoms with van der Waals surface area (Å²) in [7, 11) is 0. The molecule has 0 saturated carbocycles. The van der Waals surface area contributed by atoms with Crippen LogP contribution in [0.3, 0.4) is 0 Å². The highest BCUT2D eigenvalue weighted by Gasteiger charge is 2.01. The van der Waals surface area contributed by atoms with E-state index in [1.165, 1.54) is 0 Å². The van der Waals surface area contributed by atoms with Crippen LogP contribution >= 0.6 is 15.9 Å². The average molecular weight is 283 g/mol. The van der Waals surface area contributed by atoms with Gasteiger partial charge in [0.25, 0.3) is 0 Å². The van der Waals surface area contributed by atoms with Crippen LogP contribution in [0.1, 0.15) is 6.92 Å². The van der Waals surface area contributed by atoms with E-state index in [1.807, 2.05) is 36.1 Å². The summed E-state index contributed by atoms with van der Waals surface area (Å²) in [6.45, 7) is 4.74. The van der Waals surface area contributed by atoms with E-state index >= 15 is 0 Å². The maximum Gasteiger partial charge on any atom is 0.120 e. The molecule has 0 spiro atoms. The first-order chi connectivity index (χ1) is 7.76. The second-order valence-electron chi connectivity index (χ2n) is 3.33. The zero-order valence-corrected chi connectivity index (χ0v) is 10.9. The van der Waals surface area contributed by atoms with Crippen molar-refractivity contribution in [3.05, 3.63) is 28.7 Å². The van der Waals surface area contributed by atoms with Crippen molar-refractivity contribution in [1.82, 2.24) is 4.90 Å². The van der Waals surface area contributed by atoms with Crippen LogP contribution in [0.2, 0.25) is 0 Å². The number of benzene rings is 1. The largest absolute Gasteiger partial charge is 0.492 e. The molecule has 0 bridgehead atoms. The zero-order chi connectivity index (χ0) is 11.8. The molecule has 0 saturated heterocycles. The van der Waals surface area contributed by atoms with Gasteiger partial charge in [-0.2, -0.15) is 5.26 Å². The number of rotatable bonds is 6. The molecule has 1 rings (SSSR count). The number of hydrogen-bond acceptors (Lipinski definition) is 3. The highest BCUT2D eigenvalue weighted by molar-refractivity contribution is 9.10. The molecule has 0 aromatic heterocycles. The van der Waals surface area contributed by atoms with E-state index in [1.54, 1.807) is 0 Å². The van der Waals surface area contributed by atoms with Gasteiger partial charge in [0, 0.05) is 11.0 Å². The third-order valence-corrected chi connectivity index (χ3v) is 2.71. The summed E-state index contributed by atoms with van der Waals surface area (Å²) in [5.74, 6) is 0.849. The molecule has 0 N–H and O–H groups in total. The van der Waals surface area contributed by atoms with Crippen molar-refractivity contribution >= 4 is 15.9 Å². The minimum atomic E-state index is 0.457.